The van der Waals surface area contributed by atoms with Crippen LogP contribution < -0.4 is 10.6 Å². The van der Waals surface area contributed by atoms with Crippen LogP contribution in [0.4, 0.5) is 5.69 Å². The lowest BCUT2D eigenvalue weighted by Gasteiger charge is -2.12. The van der Waals surface area contributed by atoms with Crippen LogP contribution in [0.3, 0.4) is 0 Å². The molecule has 0 fully saturated rings. The average Bonchev–Trinajstić information content (AvgIpc) is 2.49. The number of anilines is 1. The van der Waals surface area contributed by atoms with Crippen LogP contribution in [0.1, 0.15) is 29.7 Å². The second kappa shape index (κ2) is 7.43. The molecule has 0 bridgehead atoms. The van der Waals surface area contributed by atoms with E-state index in [0.717, 1.165) is 27.4 Å². The first kappa shape index (κ1) is 16.5. The largest absolute Gasteiger partial charge is 0.333 e. The van der Waals surface area contributed by atoms with Gasteiger partial charge in [-0.1, -0.05) is 35.9 Å². The maximum Gasteiger partial charge on any atom is 0.279 e. The Balaban J connectivity index is 1.89. The van der Waals surface area contributed by atoms with E-state index < -0.39 is 0 Å². The molecular weight excluding hydrogens is 296 g/mol. The van der Waals surface area contributed by atoms with Gasteiger partial charge < -0.3 is 10.6 Å². The molecule has 0 saturated carbocycles. The zero-order chi connectivity index (χ0) is 16.1. The normalized spacial score (nSPS) is 12.0. The van der Waals surface area contributed by atoms with Gasteiger partial charge in [0.25, 0.3) is 5.91 Å². The number of halogens is 1. The van der Waals surface area contributed by atoms with Crippen molar-refractivity contribution in [1.82, 2.24) is 0 Å². The highest BCUT2D eigenvalue weighted by Crippen LogP contribution is 2.16. The summed E-state index contributed by atoms with van der Waals surface area (Å²) in [6, 6.07) is 14.0. The number of carbonyl (C=O) groups excluding carboxylic acids is 1. The molecule has 0 heterocycles. The molecule has 3 N–H and O–H groups in total. The Hall–Kier alpha value is -1.84. The first-order valence-electron chi connectivity index (χ1n) is 7.41. The minimum atomic E-state index is 0.00881. The minimum absolute atomic E-state index is 0.00881. The van der Waals surface area contributed by atoms with E-state index in [4.69, 9.17) is 11.6 Å². The number of hydrogen-bond donors (Lipinski definition) is 2. The summed E-state index contributed by atoms with van der Waals surface area (Å²) in [6.45, 7) is 6.48. The van der Waals surface area contributed by atoms with E-state index >= 15 is 0 Å². The predicted molar refractivity (Wildman–Crippen MR) is 91.2 cm³/mol. The van der Waals surface area contributed by atoms with E-state index in [1.807, 2.05) is 61.6 Å². The standard InChI is InChI=1S/C18H21ClN2O/c1-12-4-5-13(2)17(10-12)21-18(22)11-20-14(3)15-6-8-16(19)9-7-15/h4-10,14,20H,11H2,1-3H3,(H,21,22)/p+1/t14-/m1/s1. The van der Waals surface area contributed by atoms with Crippen molar-refractivity contribution >= 4 is 23.2 Å². The van der Waals surface area contributed by atoms with Crippen molar-refractivity contribution < 1.29 is 10.1 Å². The van der Waals surface area contributed by atoms with Crippen molar-refractivity contribution in [1.29, 1.82) is 0 Å². The number of hydrogen-bond acceptors (Lipinski definition) is 1. The molecule has 0 aliphatic carbocycles. The number of rotatable bonds is 5. The maximum absolute atomic E-state index is 12.1. The van der Waals surface area contributed by atoms with Gasteiger partial charge in [0, 0.05) is 16.3 Å². The molecule has 4 heteroatoms. The van der Waals surface area contributed by atoms with Gasteiger partial charge in [0.15, 0.2) is 6.54 Å². The Morgan fingerprint density at radius 3 is 2.55 bits per heavy atom. The molecule has 0 aromatic heterocycles. The smallest absolute Gasteiger partial charge is 0.279 e. The Labute approximate surface area is 136 Å². The lowest BCUT2D eigenvalue weighted by molar-refractivity contribution is -0.682. The van der Waals surface area contributed by atoms with Crippen LogP contribution in [0, 0.1) is 13.8 Å². The van der Waals surface area contributed by atoms with E-state index in [1.165, 1.54) is 0 Å². The van der Waals surface area contributed by atoms with Gasteiger partial charge >= 0.3 is 0 Å². The van der Waals surface area contributed by atoms with Gasteiger partial charge in [-0.3, -0.25) is 4.79 Å². The van der Waals surface area contributed by atoms with Gasteiger partial charge in [-0.05, 0) is 50.1 Å². The van der Waals surface area contributed by atoms with E-state index in [1.54, 1.807) is 0 Å². The summed E-state index contributed by atoms with van der Waals surface area (Å²) in [4.78, 5) is 12.1. The summed E-state index contributed by atoms with van der Waals surface area (Å²) in [5.41, 5.74) is 4.26. The summed E-state index contributed by atoms with van der Waals surface area (Å²) in [7, 11) is 0. The molecule has 3 nitrogen and oxygen atoms in total. The molecule has 1 atom stereocenters. The van der Waals surface area contributed by atoms with Crippen LogP contribution in [-0.2, 0) is 4.79 Å². The highest BCUT2D eigenvalue weighted by Gasteiger charge is 2.12. The molecule has 0 aliphatic rings. The second-order valence-electron chi connectivity index (χ2n) is 5.65. The third kappa shape index (κ3) is 4.58. The van der Waals surface area contributed by atoms with Gasteiger partial charge in [-0.25, -0.2) is 0 Å². The van der Waals surface area contributed by atoms with Crippen molar-refractivity contribution in [3.63, 3.8) is 0 Å². The SMILES string of the molecule is Cc1ccc(C)c(NC(=O)C[NH2+][C@H](C)c2ccc(Cl)cc2)c1. The zero-order valence-electron chi connectivity index (χ0n) is 13.2. The maximum atomic E-state index is 12.1. The third-order valence-electron chi connectivity index (χ3n) is 3.72. The van der Waals surface area contributed by atoms with E-state index in [-0.39, 0.29) is 11.9 Å². The molecule has 0 saturated heterocycles. The number of quaternary nitrogens is 1. The molecule has 0 radical (unpaired) electrons. The van der Waals surface area contributed by atoms with E-state index in [0.29, 0.717) is 6.54 Å². The Morgan fingerprint density at radius 1 is 1.18 bits per heavy atom. The molecule has 2 aromatic rings. The van der Waals surface area contributed by atoms with Crippen molar-refractivity contribution in [3.8, 4) is 0 Å². The second-order valence-corrected chi connectivity index (χ2v) is 6.08. The lowest BCUT2D eigenvalue weighted by Crippen LogP contribution is -2.86. The number of amides is 1. The lowest BCUT2D eigenvalue weighted by atomic mass is 10.1. The number of benzene rings is 2. The fourth-order valence-electron chi connectivity index (χ4n) is 2.26. The van der Waals surface area contributed by atoms with Crippen LogP contribution in [0.15, 0.2) is 42.5 Å². The van der Waals surface area contributed by atoms with Crippen LogP contribution in [-0.4, -0.2) is 12.5 Å². The van der Waals surface area contributed by atoms with E-state index in [9.17, 15) is 4.79 Å². The Morgan fingerprint density at radius 2 is 1.86 bits per heavy atom. The van der Waals surface area contributed by atoms with Crippen LogP contribution in [0.2, 0.25) is 5.02 Å². The van der Waals surface area contributed by atoms with Gasteiger partial charge in [0.1, 0.15) is 6.04 Å². The molecule has 0 spiro atoms. The summed E-state index contributed by atoms with van der Waals surface area (Å²) in [6.07, 6.45) is 0. The number of nitrogens with two attached hydrogens (primary N) is 1. The first-order chi connectivity index (χ1) is 10.5. The average molecular weight is 318 g/mol. The Bertz CT molecular complexity index is 653. The predicted octanol–water partition coefficient (Wildman–Crippen LogP) is 3.22. The molecule has 2 rings (SSSR count). The van der Waals surface area contributed by atoms with E-state index in [2.05, 4.69) is 12.2 Å². The highest BCUT2D eigenvalue weighted by atomic mass is 35.5. The minimum Gasteiger partial charge on any atom is -0.333 e. The monoisotopic (exact) mass is 317 g/mol. The quantitative estimate of drug-likeness (QED) is 0.874. The number of aryl methyl sites for hydroxylation is 2. The van der Waals surface area contributed by atoms with Crippen LogP contribution >= 0.6 is 11.6 Å². The summed E-state index contributed by atoms with van der Waals surface area (Å²) in [5.74, 6) is 0.00881. The topological polar surface area (TPSA) is 45.7 Å². The molecular formula is C18H22ClN2O+. The first-order valence-corrected chi connectivity index (χ1v) is 7.79. The van der Waals surface area contributed by atoms with Gasteiger partial charge in [-0.2, -0.15) is 0 Å². The number of carbonyl (C=O) groups is 1. The summed E-state index contributed by atoms with van der Waals surface area (Å²) >= 11 is 5.89. The molecule has 2 aromatic carbocycles. The molecule has 22 heavy (non-hydrogen) atoms. The van der Waals surface area contributed by atoms with Gasteiger partial charge in [0.05, 0.1) is 0 Å². The highest BCUT2D eigenvalue weighted by molar-refractivity contribution is 6.30. The van der Waals surface area contributed by atoms with Crippen LogP contribution in [0.5, 0.6) is 0 Å². The fraction of sp³-hybridized carbons (Fsp3) is 0.278. The number of nitrogens with one attached hydrogen (secondary N) is 1. The fourth-order valence-corrected chi connectivity index (χ4v) is 2.38. The molecule has 116 valence electrons. The van der Waals surface area contributed by atoms with Crippen molar-refractivity contribution in [2.24, 2.45) is 0 Å². The van der Waals surface area contributed by atoms with Gasteiger partial charge in [-0.15, -0.1) is 0 Å². The van der Waals surface area contributed by atoms with Crippen molar-refractivity contribution in [2.75, 3.05) is 11.9 Å². The molecule has 0 aliphatic heterocycles. The molecule has 0 unspecified atom stereocenters. The van der Waals surface area contributed by atoms with Crippen molar-refractivity contribution in [2.45, 2.75) is 26.8 Å². The summed E-state index contributed by atoms with van der Waals surface area (Å²) < 4.78 is 0. The van der Waals surface area contributed by atoms with Crippen molar-refractivity contribution in [3.05, 3.63) is 64.2 Å². The summed E-state index contributed by atoms with van der Waals surface area (Å²) in [5, 5.41) is 5.72. The Kier molecular flexibility index (Phi) is 5.58. The van der Waals surface area contributed by atoms with Gasteiger partial charge in [0.2, 0.25) is 0 Å². The van der Waals surface area contributed by atoms with Crippen LogP contribution in [0.25, 0.3) is 0 Å². The zero-order valence-corrected chi connectivity index (χ0v) is 13.9. The molecule has 1 amide bonds. The third-order valence-corrected chi connectivity index (χ3v) is 3.97.